The summed E-state index contributed by atoms with van der Waals surface area (Å²) in [5.74, 6) is 0. The Morgan fingerprint density at radius 3 is 1.02 bits per heavy atom. The van der Waals surface area contributed by atoms with E-state index in [1.54, 1.807) is 0 Å². The van der Waals surface area contributed by atoms with Gasteiger partial charge in [-0.15, -0.1) is 0 Å². The second kappa shape index (κ2) is 14.1. The Bertz CT molecular complexity index is 3470. The van der Waals surface area contributed by atoms with E-state index in [1.165, 1.54) is 112 Å². The Morgan fingerprint density at radius 2 is 0.554 bits per heavy atom. The Kier molecular flexibility index (Phi) is 7.87. The molecule has 0 fully saturated rings. The van der Waals surface area contributed by atoms with Crippen molar-refractivity contribution in [2.45, 2.75) is 0 Å². The van der Waals surface area contributed by atoms with Gasteiger partial charge in [0.2, 0.25) is 0 Å². The maximum Gasteiger partial charge on any atom is 0.252 e. The highest BCUT2D eigenvalue weighted by Crippen LogP contribution is 2.53. The molecule has 0 aliphatic carbocycles. The average Bonchev–Trinajstić information content (AvgIpc) is 3.38. The predicted octanol–water partition coefficient (Wildman–Crippen LogP) is 11.4. The van der Waals surface area contributed by atoms with Crippen LogP contribution in [0.3, 0.4) is 0 Å². The predicted molar refractivity (Wildman–Crippen MR) is 276 cm³/mol. The first-order chi connectivity index (χ1) is 32.3. The van der Waals surface area contributed by atoms with E-state index in [0.717, 1.165) is 5.69 Å². The monoisotopic (exact) mass is 823 g/mol. The molecule has 5 heteroatoms. The molecular weight excluding hydrogens is 784 g/mol. The van der Waals surface area contributed by atoms with Gasteiger partial charge in [-0.2, -0.15) is 0 Å². The van der Waals surface area contributed by atoms with E-state index >= 15 is 0 Å². The molecule has 3 nitrogen and oxygen atoms in total. The number of rotatable bonds is 5. The van der Waals surface area contributed by atoms with Crippen LogP contribution in [0.2, 0.25) is 0 Å². The first kappa shape index (κ1) is 36.2. The number of fused-ring (bicyclic) bond motifs is 10. The van der Waals surface area contributed by atoms with E-state index in [0.29, 0.717) is 0 Å². The van der Waals surface area contributed by atoms with Crippen LogP contribution in [0.4, 0.5) is 51.2 Å². The first-order valence-electron chi connectivity index (χ1n) is 22.7. The lowest BCUT2D eigenvalue weighted by Crippen LogP contribution is -2.68. The highest BCUT2D eigenvalue weighted by Gasteiger charge is 2.51. The maximum absolute atomic E-state index is 2.63. The molecular formula is C60H39B2N3. The topological polar surface area (TPSA) is 9.72 Å². The van der Waals surface area contributed by atoms with E-state index in [4.69, 9.17) is 0 Å². The molecule has 0 unspecified atom stereocenters. The third kappa shape index (κ3) is 5.15. The van der Waals surface area contributed by atoms with Crippen molar-refractivity contribution in [3.8, 4) is 33.4 Å². The summed E-state index contributed by atoms with van der Waals surface area (Å²) in [6.45, 7) is 0.0181. The fourth-order valence-electron chi connectivity index (χ4n) is 11.7. The molecule has 0 radical (unpaired) electrons. The molecule has 65 heavy (non-hydrogen) atoms. The van der Waals surface area contributed by atoms with Gasteiger partial charge in [0.05, 0.1) is 11.4 Å². The van der Waals surface area contributed by atoms with Crippen LogP contribution in [0.25, 0.3) is 33.4 Å². The molecule has 0 saturated heterocycles. The largest absolute Gasteiger partial charge is 0.312 e. The Labute approximate surface area is 380 Å². The van der Waals surface area contributed by atoms with Crippen LogP contribution in [-0.2, 0) is 0 Å². The standard InChI is InChI=1S/C60H39B2N3/c1-4-21-40(22-5-1)43-27-10-15-34-50(43)63-51-35-16-11-30-46(51)61-47-31-12-17-36-52(47)64-53-37-18-13-32-48(53)62-49-33-14-19-38-54(49)65(56-39-55(63)57(61)60(64)58(56)62)59-44(41-23-6-2-7-24-41)28-20-29-45(59)42-25-8-3-9-26-42/h1-39H. The van der Waals surface area contributed by atoms with Gasteiger partial charge < -0.3 is 14.7 Å². The lowest BCUT2D eigenvalue weighted by Gasteiger charge is -2.51. The second-order valence-electron chi connectivity index (χ2n) is 17.5. The van der Waals surface area contributed by atoms with Crippen LogP contribution in [0, 0.1) is 0 Å². The van der Waals surface area contributed by atoms with Gasteiger partial charge in [-0.25, -0.2) is 0 Å². The van der Waals surface area contributed by atoms with Crippen molar-refractivity contribution in [1.82, 2.24) is 0 Å². The van der Waals surface area contributed by atoms with Gasteiger partial charge in [-0.1, -0.05) is 200 Å². The minimum Gasteiger partial charge on any atom is -0.312 e. The molecule has 0 saturated carbocycles. The van der Waals surface area contributed by atoms with Gasteiger partial charge >= 0.3 is 0 Å². The van der Waals surface area contributed by atoms with Crippen molar-refractivity contribution in [1.29, 1.82) is 0 Å². The van der Waals surface area contributed by atoms with Gasteiger partial charge in [0, 0.05) is 56.5 Å². The number of hydrogen-bond donors (Lipinski definition) is 0. The molecule has 4 aliphatic rings. The third-order valence-corrected chi connectivity index (χ3v) is 14.2. The van der Waals surface area contributed by atoms with Crippen molar-refractivity contribution < 1.29 is 0 Å². The van der Waals surface area contributed by atoms with Crippen molar-refractivity contribution >= 4 is 97.4 Å². The quantitative estimate of drug-likeness (QED) is 0.160. The smallest absolute Gasteiger partial charge is 0.252 e. The SMILES string of the molecule is c1ccc(-c2ccccc2N2c3ccccc3B3c4ccccc4N4c5ccccc5B5c6ccccc6N(c6c(-c7ccccc7)cccc6-c6ccccc6)c6cc2c3c4c65)cc1. The molecule has 0 N–H and O–H groups in total. The van der Waals surface area contributed by atoms with Crippen LogP contribution >= 0.6 is 0 Å². The van der Waals surface area contributed by atoms with Gasteiger partial charge in [0.1, 0.15) is 0 Å². The summed E-state index contributed by atoms with van der Waals surface area (Å²) >= 11 is 0. The van der Waals surface area contributed by atoms with Crippen LogP contribution < -0.4 is 47.5 Å². The van der Waals surface area contributed by atoms with Gasteiger partial charge in [-0.05, 0) is 85.9 Å². The Hall–Kier alpha value is -8.27. The summed E-state index contributed by atoms with van der Waals surface area (Å²) < 4.78 is 0. The molecule has 0 atom stereocenters. The minimum absolute atomic E-state index is 0.00222. The van der Waals surface area contributed by atoms with E-state index in [1.807, 2.05) is 0 Å². The molecule has 0 aromatic heterocycles. The molecule has 4 heterocycles. The van der Waals surface area contributed by atoms with E-state index in [-0.39, 0.29) is 13.4 Å². The lowest BCUT2D eigenvalue weighted by atomic mass is 9.29. The van der Waals surface area contributed by atoms with Crippen molar-refractivity contribution in [3.63, 3.8) is 0 Å². The molecule has 300 valence electrons. The number of nitrogens with zero attached hydrogens (tertiary/aromatic N) is 3. The summed E-state index contributed by atoms with van der Waals surface area (Å²) in [6.07, 6.45) is 0. The average molecular weight is 824 g/mol. The van der Waals surface area contributed by atoms with E-state index < -0.39 is 0 Å². The van der Waals surface area contributed by atoms with Gasteiger partial charge in [-0.3, -0.25) is 0 Å². The van der Waals surface area contributed by atoms with Crippen LogP contribution in [0.1, 0.15) is 0 Å². The summed E-state index contributed by atoms with van der Waals surface area (Å²) in [5.41, 5.74) is 26.0. The second-order valence-corrected chi connectivity index (χ2v) is 17.5. The summed E-state index contributed by atoms with van der Waals surface area (Å²) in [7, 11) is 0. The van der Waals surface area contributed by atoms with Gasteiger partial charge in [0.25, 0.3) is 13.4 Å². The van der Waals surface area contributed by atoms with Crippen molar-refractivity contribution in [2.24, 2.45) is 0 Å². The van der Waals surface area contributed by atoms with Gasteiger partial charge in [0.15, 0.2) is 0 Å². The Morgan fingerprint density at radius 1 is 0.231 bits per heavy atom. The Balaban J connectivity index is 1.17. The zero-order chi connectivity index (χ0) is 42.6. The third-order valence-electron chi connectivity index (χ3n) is 14.2. The summed E-state index contributed by atoms with van der Waals surface area (Å²) in [6, 6.07) is 87.8. The number of hydrogen-bond acceptors (Lipinski definition) is 3. The first-order valence-corrected chi connectivity index (χ1v) is 22.7. The number of para-hydroxylation sites is 6. The molecule has 0 spiro atoms. The fourth-order valence-corrected chi connectivity index (χ4v) is 11.7. The van der Waals surface area contributed by atoms with Crippen LogP contribution in [0.15, 0.2) is 237 Å². The highest BCUT2D eigenvalue weighted by atomic mass is 15.2. The van der Waals surface area contributed by atoms with Crippen LogP contribution in [0.5, 0.6) is 0 Å². The highest BCUT2D eigenvalue weighted by molar-refractivity contribution is 7.04. The zero-order valence-electron chi connectivity index (χ0n) is 35.5. The van der Waals surface area contributed by atoms with Crippen LogP contribution in [-0.4, -0.2) is 13.4 Å². The number of anilines is 9. The maximum atomic E-state index is 2.63. The molecule has 0 bridgehead atoms. The molecule has 0 amide bonds. The summed E-state index contributed by atoms with van der Waals surface area (Å²) in [4.78, 5) is 7.84. The zero-order valence-corrected chi connectivity index (χ0v) is 35.5. The van der Waals surface area contributed by atoms with Crippen molar-refractivity contribution in [2.75, 3.05) is 14.7 Å². The molecule has 10 aromatic rings. The minimum atomic E-state index is 0.00222. The lowest BCUT2D eigenvalue weighted by molar-refractivity contribution is 1.23. The van der Waals surface area contributed by atoms with E-state index in [9.17, 15) is 0 Å². The van der Waals surface area contributed by atoms with Crippen molar-refractivity contribution in [3.05, 3.63) is 237 Å². The number of benzene rings is 10. The van der Waals surface area contributed by atoms with E-state index in [2.05, 4.69) is 251 Å². The fraction of sp³-hybridized carbons (Fsp3) is 0. The normalized spacial score (nSPS) is 13.4. The molecule has 14 rings (SSSR count). The molecule has 4 aliphatic heterocycles. The molecule has 10 aromatic carbocycles. The summed E-state index contributed by atoms with van der Waals surface area (Å²) in [5, 5.41) is 0.